The van der Waals surface area contributed by atoms with Gasteiger partial charge in [0.15, 0.2) is 0 Å². The van der Waals surface area contributed by atoms with Crippen LogP contribution < -0.4 is 0 Å². The van der Waals surface area contributed by atoms with Crippen LogP contribution in [0, 0.1) is 23.2 Å². The van der Waals surface area contributed by atoms with Gasteiger partial charge in [-0.15, -0.1) is 0 Å². The highest BCUT2D eigenvalue weighted by Gasteiger charge is 2.52. The summed E-state index contributed by atoms with van der Waals surface area (Å²) in [6.45, 7) is 3.48. The van der Waals surface area contributed by atoms with Crippen molar-refractivity contribution in [3.05, 3.63) is 22.8 Å². The minimum atomic E-state index is -0.0790. The summed E-state index contributed by atoms with van der Waals surface area (Å²) in [5.74, 6) is 2.52. The molecule has 2 nitrogen and oxygen atoms in total. The van der Waals surface area contributed by atoms with Crippen LogP contribution in [-0.2, 0) is 4.74 Å². The molecule has 4 aliphatic carbocycles. The van der Waals surface area contributed by atoms with Crippen LogP contribution in [0.2, 0.25) is 0 Å². The lowest BCUT2D eigenvalue weighted by molar-refractivity contribution is 0.0781. The summed E-state index contributed by atoms with van der Waals surface area (Å²) in [5, 5.41) is 9.99. The lowest BCUT2D eigenvalue weighted by Crippen LogP contribution is -2.39. The van der Waals surface area contributed by atoms with Gasteiger partial charge < -0.3 is 9.84 Å². The van der Waals surface area contributed by atoms with E-state index in [9.17, 15) is 5.11 Å². The van der Waals surface area contributed by atoms with Gasteiger partial charge in [-0.25, -0.2) is 0 Å². The maximum atomic E-state index is 9.99. The van der Waals surface area contributed by atoms with Crippen molar-refractivity contribution in [2.45, 2.75) is 70.8 Å². The summed E-state index contributed by atoms with van der Waals surface area (Å²) in [6.07, 6.45) is 13.4. The molecule has 1 N–H and O–H groups in total. The summed E-state index contributed by atoms with van der Waals surface area (Å²) >= 11 is 0. The van der Waals surface area contributed by atoms with E-state index in [1.807, 2.05) is 7.11 Å². The number of hydrogen-bond acceptors (Lipinski definition) is 2. The Hall–Kier alpha value is -0.600. The Morgan fingerprint density at radius 3 is 2.91 bits per heavy atom. The van der Waals surface area contributed by atoms with Crippen molar-refractivity contribution in [1.29, 1.82) is 0 Å². The van der Waals surface area contributed by atoms with Crippen LogP contribution in [0.4, 0.5) is 0 Å². The molecular formula is C21H32O2. The SMILES string of the molecule is COCC[C@H]1CC[C@H]2[C@@H]3CCC4=C(CCC(O)C4)C3=CC[C@]12C. The molecule has 1 unspecified atom stereocenters. The van der Waals surface area contributed by atoms with Gasteiger partial charge in [0.05, 0.1) is 6.10 Å². The second kappa shape index (κ2) is 6.04. The second-order valence-corrected chi connectivity index (χ2v) is 8.66. The van der Waals surface area contributed by atoms with E-state index in [1.165, 1.54) is 38.5 Å². The summed E-state index contributed by atoms with van der Waals surface area (Å²) in [4.78, 5) is 0. The fourth-order valence-electron chi connectivity index (χ4n) is 6.39. The molecule has 0 spiro atoms. The third kappa shape index (κ3) is 2.53. The van der Waals surface area contributed by atoms with E-state index in [0.717, 1.165) is 43.6 Å². The third-order valence-corrected chi connectivity index (χ3v) is 7.67. The van der Waals surface area contributed by atoms with E-state index >= 15 is 0 Å². The van der Waals surface area contributed by atoms with Crippen LogP contribution in [0.5, 0.6) is 0 Å². The molecule has 4 rings (SSSR count). The molecule has 0 aromatic heterocycles. The molecule has 1 saturated carbocycles. The zero-order valence-electron chi connectivity index (χ0n) is 14.8. The van der Waals surface area contributed by atoms with Crippen molar-refractivity contribution in [1.82, 2.24) is 0 Å². The highest BCUT2D eigenvalue weighted by atomic mass is 16.5. The molecule has 0 radical (unpaired) electrons. The molecule has 0 saturated heterocycles. The number of rotatable bonds is 3. The van der Waals surface area contributed by atoms with Crippen molar-refractivity contribution in [3.8, 4) is 0 Å². The first-order valence-electron chi connectivity index (χ1n) is 9.72. The Balaban J connectivity index is 1.61. The molecule has 0 aromatic carbocycles. The van der Waals surface area contributed by atoms with Crippen molar-refractivity contribution in [2.75, 3.05) is 13.7 Å². The topological polar surface area (TPSA) is 29.5 Å². The fraction of sp³-hybridized carbons (Fsp3) is 0.810. The highest BCUT2D eigenvalue weighted by molar-refractivity contribution is 5.44. The Labute approximate surface area is 141 Å². The van der Waals surface area contributed by atoms with E-state index in [2.05, 4.69) is 13.0 Å². The van der Waals surface area contributed by atoms with Gasteiger partial charge in [-0.1, -0.05) is 18.6 Å². The quantitative estimate of drug-likeness (QED) is 0.822. The normalized spacial score (nSPS) is 42.8. The second-order valence-electron chi connectivity index (χ2n) is 8.66. The Morgan fingerprint density at radius 1 is 1.22 bits per heavy atom. The Morgan fingerprint density at radius 2 is 2.09 bits per heavy atom. The number of fused-ring (bicyclic) bond motifs is 4. The van der Waals surface area contributed by atoms with Crippen LogP contribution in [0.15, 0.2) is 22.8 Å². The number of hydrogen-bond donors (Lipinski definition) is 1. The molecule has 0 aliphatic heterocycles. The van der Waals surface area contributed by atoms with Gasteiger partial charge in [0.1, 0.15) is 0 Å². The number of ether oxygens (including phenoxy) is 1. The first-order valence-corrected chi connectivity index (χ1v) is 9.72. The molecular weight excluding hydrogens is 284 g/mol. The van der Waals surface area contributed by atoms with Crippen molar-refractivity contribution in [3.63, 3.8) is 0 Å². The van der Waals surface area contributed by atoms with Gasteiger partial charge >= 0.3 is 0 Å². The van der Waals surface area contributed by atoms with E-state index in [-0.39, 0.29) is 6.10 Å². The van der Waals surface area contributed by atoms with Crippen molar-refractivity contribution in [2.24, 2.45) is 23.2 Å². The molecule has 0 aromatic rings. The number of methoxy groups -OCH3 is 1. The summed E-state index contributed by atoms with van der Waals surface area (Å²) in [7, 11) is 1.83. The maximum absolute atomic E-state index is 9.99. The predicted molar refractivity (Wildman–Crippen MR) is 93.1 cm³/mol. The summed E-state index contributed by atoms with van der Waals surface area (Å²) < 4.78 is 5.37. The standard InChI is InChI=1S/C21H32O2/c1-21-11-9-18-17-7-5-16(22)13-14(17)3-6-19(18)20(21)8-4-15(21)10-12-23-2/h9,15-16,19-20,22H,3-8,10-13H2,1-2H3/t15-,16?,19-,20+,21-/m1/s1. The minimum Gasteiger partial charge on any atom is -0.393 e. The molecule has 2 heteroatoms. The van der Waals surface area contributed by atoms with Crippen molar-refractivity contribution < 1.29 is 9.84 Å². The molecule has 4 aliphatic rings. The summed E-state index contributed by atoms with van der Waals surface area (Å²) in [6, 6.07) is 0. The fourth-order valence-corrected chi connectivity index (χ4v) is 6.39. The van der Waals surface area contributed by atoms with Crippen molar-refractivity contribution >= 4 is 0 Å². The van der Waals surface area contributed by atoms with Crippen LogP contribution in [0.3, 0.4) is 0 Å². The van der Waals surface area contributed by atoms with E-state index in [1.54, 1.807) is 16.7 Å². The van der Waals surface area contributed by atoms with Gasteiger partial charge in [0.2, 0.25) is 0 Å². The van der Waals surface area contributed by atoms with E-state index in [0.29, 0.717) is 5.41 Å². The third-order valence-electron chi connectivity index (χ3n) is 7.67. The number of allylic oxidation sites excluding steroid dienone is 3. The van der Waals surface area contributed by atoms with Gasteiger partial charge in [0.25, 0.3) is 0 Å². The van der Waals surface area contributed by atoms with Gasteiger partial charge in [-0.3, -0.25) is 0 Å². The van der Waals surface area contributed by atoms with Gasteiger partial charge in [-0.05, 0) is 92.1 Å². The zero-order chi connectivity index (χ0) is 16.0. The first kappa shape index (κ1) is 15.9. The molecule has 0 amide bonds. The van der Waals surface area contributed by atoms with Crippen LogP contribution >= 0.6 is 0 Å². The predicted octanol–water partition coefficient (Wildman–Crippen LogP) is 4.64. The first-order chi connectivity index (χ1) is 11.1. The monoisotopic (exact) mass is 316 g/mol. The maximum Gasteiger partial charge on any atom is 0.0580 e. The van der Waals surface area contributed by atoms with Crippen LogP contribution in [0.25, 0.3) is 0 Å². The lowest BCUT2D eigenvalue weighted by atomic mass is 9.57. The van der Waals surface area contributed by atoms with Gasteiger partial charge in [0, 0.05) is 13.7 Å². The van der Waals surface area contributed by atoms with E-state index in [4.69, 9.17) is 4.74 Å². The lowest BCUT2D eigenvalue weighted by Gasteiger charge is -2.48. The smallest absolute Gasteiger partial charge is 0.0580 e. The minimum absolute atomic E-state index is 0.0790. The molecule has 5 atom stereocenters. The molecule has 23 heavy (non-hydrogen) atoms. The summed E-state index contributed by atoms with van der Waals surface area (Å²) in [5.41, 5.74) is 5.45. The Bertz CT molecular complexity index is 532. The average molecular weight is 316 g/mol. The van der Waals surface area contributed by atoms with E-state index < -0.39 is 0 Å². The average Bonchev–Trinajstić information content (AvgIpc) is 2.89. The van der Waals surface area contributed by atoms with Crippen LogP contribution in [-0.4, -0.2) is 24.9 Å². The Kier molecular flexibility index (Phi) is 4.18. The van der Waals surface area contributed by atoms with Crippen LogP contribution in [0.1, 0.15) is 64.7 Å². The molecule has 0 heterocycles. The largest absolute Gasteiger partial charge is 0.393 e. The zero-order valence-corrected chi connectivity index (χ0v) is 14.8. The molecule has 1 fully saturated rings. The molecule has 0 bridgehead atoms. The number of aliphatic hydroxyl groups excluding tert-OH is 1. The highest BCUT2D eigenvalue weighted by Crippen LogP contribution is 2.61. The molecule has 128 valence electrons. The number of aliphatic hydroxyl groups is 1. The van der Waals surface area contributed by atoms with Gasteiger partial charge in [-0.2, -0.15) is 0 Å².